The molecule has 166 valence electrons. The van der Waals surface area contributed by atoms with Crippen molar-refractivity contribution < 1.29 is 8.78 Å². The Hall–Kier alpha value is -3.93. The van der Waals surface area contributed by atoms with E-state index < -0.39 is 17.6 Å². The number of nitrogens with one attached hydrogen (secondary N) is 2. The molecule has 0 aliphatic carbocycles. The SMILES string of the molecule is CCC1c2nncn2-c2cnc(C(C=N)C(=N)c3nccs3)nc2N1c1ccc(F)c(F)c1. The summed E-state index contributed by atoms with van der Waals surface area (Å²) in [4.78, 5) is 15.0. The first-order valence-electron chi connectivity index (χ1n) is 10.0. The van der Waals surface area contributed by atoms with Crippen LogP contribution in [0.2, 0.25) is 0 Å². The molecule has 2 N–H and O–H groups in total. The molecule has 0 spiro atoms. The summed E-state index contributed by atoms with van der Waals surface area (Å²) in [6.45, 7) is 1.95. The van der Waals surface area contributed by atoms with Gasteiger partial charge in [-0.2, -0.15) is 0 Å². The van der Waals surface area contributed by atoms with Crippen LogP contribution in [0.15, 0.2) is 42.3 Å². The van der Waals surface area contributed by atoms with Crippen LogP contribution in [0.5, 0.6) is 0 Å². The standard InChI is InChI=1S/C21H17F2N9S/c1-2-15-20-30-28-10-31(20)16-9-27-18(12(8-24)17(25)21-26-5-6-33-21)29-19(16)32(15)11-3-4-13(22)14(23)7-11/h3-10,12,15,24-25H,2H2,1H3. The highest BCUT2D eigenvalue weighted by atomic mass is 32.1. The molecule has 0 radical (unpaired) electrons. The van der Waals surface area contributed by atoms with E-state index in [1.807, 2.05) is 6.92 Å². The van der Waals surface area contributed by atoms with Gasteiger partial charge in [-0.1, -0.05) is 6.92 Å². The Labute approximate surface area is 190 Å². The summed E-state index contributed by atoms with van der Waals surface area (Å²) in [5, 5.41) is 26.9. The van der Waals surface area contributed by atoms with Gasteiger partial charge in [0.15, 0.2) is 23.3 Å². The van der Waals surface area contributed by atoms with Crippen LogP contribution in [-0.4, -0.2) is 41.6 Å². The molecule has 0 bridgehead atoms. The van der Waals surface area contributed by atoms with E-state index in [-0.39, 0.29) is 17.6 Å². The molecule has 1 aliphatic heterocycles. The molecule has 0 saturated carbocycles. The third-order valence-electron chi connectivity index (χ3n) is 5.43. The number of benzene rings is 1. The minimum absolute atomic E-state index is 0.104. The minimum Gasteiger partial charge on any atom is -0.314 e. The Morgan fingerprint density at radius 3 is 2.82 bits per heavy atom. The molecule has 33 heavy (non-hydrogen) atoms. The quantitative estimate of drug-likeness (QED) is 0.412. The largest absolute Gasteiger partial charge is 0.314 e. The van der Waals surface area contributed by atoms with Crippen LogP contribution < -0.4 is 4.90 Å². The van der Waals surface area contributed by atoms with Crippen LogP contribution >= 0.6 is 11.3 Å². The summed E-state index contributed by atoms with van der Waals surface area (Å²) in [6, 6.07) is 3.30. The second-order valence-corrected chi connectivity index (χ2v) is 8.18. The zero-order chi connectivity index (χ0) is 23.1. The fourth-order valence-electron chi connectivity index (χ4n) is 3.88. The molecular formula is C21H17F2N9S. The van der Waals surface area contributed by atoms with Gasteiger partial charge in [-0.15, -0.1) is 21.5 Å². The lowest BCUT2D eigenvalue weighted by molar-refractivity contribution is 0.507. The van der Waals surface area contributed by atoms with Crippen LogP contribution in [0, 0.1) is 22.5 Å². The van der Waals surface area contributed by atoms with Gasteiger partial charge in [-0.25, -0.2) is 23.7 Å². The molecule has 2 atom stereocenters. The van der Waals surface area contributed by atoms with Gasteiger partial charge in [0.2, 0.25) is 0 Å². The molecule has 0 saturated heterocycles. The van der Waals surface area contributed by atoms with Crippen molar-refractivity contribution in [2.45, 2.75) is 25.3 Å². The van der Waals surface area contributed by atoms with Gasteiger partial charge in [-0.05, 0) is 18.6 Å². The van der Waals surface area contributed by atoms with Crippen molar-refractivity contribution in [1.29, 1.82) is 10.8 Å². The molecule has 1 aliphatic rings. The van der Waals surface area contributed by atoms with Crippen LogP contribution in [0.1, 0.15) is 42.0 Å². The topological polar surface area (TPSA) is 120 Å². The molecule has 12 heteroatoms. The van der Waals surface area contributed by atoms with E-state index in [1.165, 1.54) is 17.4 Å². The van der Waals surface area contributed by atoms with E-state index in [2.05, 4.69) is 20.2 Å². The highest BCUT2D eigenvalue weighted by Crippen LogP contribution is 2.43. The van der Waals surface area contributed by atoms with Gasteiger partial charge < -0.3 is 15.7 Å². The Morgan fingerprint density at radius 2 is 2.12 bits per heavy atom. The third-order valence-corrected chi connectivity index (χ3v) is 6.23. The van der Waals surface area contributed by atoms with Gasteiger partial charge in [0.1, 0.15) is 22.8 Å². The number of aromatic nitrogens is 6. The maximum absolute atomic E-state index is 14.2. The number of hydrogen-bond donors (Lipinski definition) is 2. The van der Waals surface area contributed by atoms with Gasteiger partial charge in [0.25, 0.3) is 0 Å². The van der Waals surface area contributed by atoms with Crippen LogP contribution in [-0.2, 0) is 0 Å². The average molecular weight is 465 g/mol. The molecule has 4 heterocycles. The summed E-state index contributed by atoms with van der Waals surface area (Å²) >= 11 is 1.29. The fourth-order valence-corrected chi connectivity index (χ4v) is 4.50. The highest BCUT2D eigenvalue weighted by Gasteiger charge is 2.36. The van der Waals surface area contributed by atoms with Crippen LogP contribution in [0.3, 0.4) is 0 Å². The number of fused-ring (bicyclic) bond motifs is 3. The Kier molecular flexibility index (Phi) is 5.21. The van der Waals surface area contributed by atoms with E-state index in [4.69, 9.17) is 15.8 Å². The van der Waals surface area contributed by atoms with E-state index in [0.717, 1.165) is 18.3 Å². The Bertz CT molecular complexity index is 1350. The van der Waals surface area contributed by atoms with Crippen molar-refractivity contribution in [3.8, 4) is 5.69 Å². The van der Waals surface area contributed by atoms with Gasteiger partial charge >= 0.3 is 0 Å². The van der Waals surface area contributed by atoms with Crippen molar-refractivity contribution in [2.75, 3.05) is 4.90 Å². The van der Waals surface area contributed by atoms with Crippen LogP contribution in [0.4, 0.5) is 20.3 Å². The maximum Gasteiger partial charge on any atom is 0.161 e. The van der Waals surface area contributed by atoms with Gasteiger partial charge in [0.05, 0.1) is 23.9 Å². The number of rotatable bonds is 6. The lowest BCUT2D eigenvalue weighted by atomic mass is 10.0. The first-order valence-corrected chi connectivity index (χ1v) is 10.9. The summed E-state index contributed by atoms with van der Waals surface area (Å²) in [6.07, 6.45) is 6.38. The summed E-state index contributed by atoms with van der Waals surface area (Å²) in [7, 11) is 0. The molecule has 1 aromatic carbocycles. The van der Waals surface area contributed by atoms with E-state index in [9.17, 15) is 8.78 Å². The third kappa shape index (κ3) is 3.39. The zero-order valence-corrected chi connectivity index (χ0v) is 18.1. The van der Waals surface area contributed by atoms with Gasteiger partial charge in [-0.3, -0.25) is 4.57 Å². The molecule has 3 aromatic heterocycles. The minimum atomic E-state index is -0.979. The number of thiazole rings is 1. The summed E-state index contributed by atoms with van der Waals surface area (Å²) in [5.74, 6) is -1.49. The first kappa shape index (κ1) is 20.9. The van der Waals surface area contributed by atoms with Crippen molar-refractivity contribution in [2.24, 2.45) is 0 Å². The first-order chi connectivity index (χ1) is 16.0. The normalized spacial score (nSPS) is 15.6. The predicted molar refractivity (Wildman–Crippen MR) is 119 cm³/mol. The number of halogens is 2. The lowest BCUT2D eigenvalue weighted by Crippen LogP contribution is -2.33. The average Bonchev–Trinajstić information content (AvgIpc) is 3.53. The predicted octanol–water partition coefficient (Wildman–Crippen LogP) is 4.20. The molecule has 0 amide bonds. The second-order valence-electron chi connectivity index (χ2n) is 7.28. The fraction of sp³-hybridized carbons (Fsp3) is 0.190. The smallest absolute Gasteiger partial charge is 0.161 e. The summed E-state index contributed by atoms with van der Waals surface area (Å²) < 4.78 is 29.6. The van der Waals surface area contributed by atoms with Gasteiger partial charge in [0, 0.05) is 29.5 Å². The monoisotopic (exact) mass is 465 g/mol. The highest BCUT2D eigenvalue weighted by molar-refractivity contribution is 7.11. The number of anilines is 2. The van der Waals surface area contributed by atoms with E-state index >= 15 is 0 Å². The van der Waals surface area contributed by atoms with Crippen molar-refractivity contribution >= 4 is 34.8 Å². The zero-order valence-electron chi connectivity index (χ0n) is 17.3. The Balaban J connectivity index is 1.69. The van der Waals surface area contributed by atoms with E-state index in [1.54, 1.807) is 33.6 Å². The Morgan fingerprint density at radius 1 is 1.27 bits per heavy atom. The van der Waals surface area contributed by atoms with Crippen molar-refractivity contribution in [1.82, 2.24) is 29.7 Å². The second kappa shape index (κ2) is 8.20. The van der Waals surface area contributed by atoms with Crippen molar-refractivity contribution in [3.63, 3.8) is 0 Å². The number of nitrogens with zero attached hydrogens (tertiary/aromatic N) is 7. The lowest BCUT2D eigenvalue weighted by Gasteiger charge is -2.37. The molecular weight excluding hydrogens is 448 g/mol. The van der Waals surface area contributed by atoms with E-state index in [0.29, 0.717) is 34.4 Å². The van der Waals surface area contributed by atoms with Crippen molar-refractivity contribution in [3.05, 3.63) is 70.6 Å². The molecule has 5 rings (SSSR count). The number of hydrogen-bond acceptors (Lipinski definition) is 9. The molecule has 9 nitrogen and oxygen atoms in total. The maximum atomic E-state index is 14.2. The van der Waals surface area contributed by atoms with Crippen LogP contribution in [0.25, 0.3) is 5.69 Å². The summed E-state index contributed by atoms with van der Waals surface area (Å²) in [5.41, 5.74) is 1.05. The molecule has 0 fully saturated rings. The molecule has 2 unspecified atom stereocenters. The molecule has 4 aromatic rings.